The Morgan fingerprint density at radius 2 is 2.23 bits per heavy atom. The number of nitrogens with one attached hydrogen (secondary N) is 2. The summed E-state index contributed by atoms with van der Waals surface area (Å²) in [5.41, 5.74) is 2.25. The van der Waals surface area contributed by atoms with Gasteiger partial charge in [-0.3, -0.25) is 4.99 Å². The highest BCUT2D eigenvalue weighted by Crippen LogP contribution is 2.25. The Morgan fingerprint density at radius 1 is 1.41 bits per heavy atom. The molecule has 2 heterocycles. The Bertz CT molecular complexity index is 453. The second kappa shape index (κ2) is 10.4. The molecule has 1 aromatic rings. The SMILES string of the molecule is CN=C(NCCCc1c(C)noc1C)NCC1CCCS1.I. The van der Waals surface area contributed by atoms with Crippen molar-refractivity contribution in [3.8, 4) is 0 Å². The number of nitrogens with zero attached hydrogens (tertiary/aromatic N) is 2. The van der Waals surface area contributed by atoms with E-state index in [9.17, 15) is 0 Å². The van der Waals surface area contributed by atoms with E-state index in [1.165, 1.54) is 24.2 Å². The van der Waals surface area contributed by atoms with Crippen LogP contribution in [0.5, 0.6) is 0 Å². The minimum absolute atomic E-state index is 0. The first-order chi connectivity index (χ1) is 10.2. The molecule has 1 aliphatic heterocycles. The number of aromatic nitrogens is 1. The molecule has 0 radical (unpaired) electrons. The van der Waals surface area contributed by atoms with Gasteiger partial charge >= 0.3 is 0 Å². The molecule has 0 bridgehead atoms. The predicted octanol–water partition coefficient (Wildman–Crippen LogP) is 2.90. The fraction of sp³-hybridized carbons (Fsp3) is 0.733. The maximum atomic E-state index is 5.18. The molecule has 5 nitrogen and oxygen atoms in total. The molecule has 1 aliphatic rings. The third-order valence-electron chi connectivity index (χ3n) is 3.82. The van der Waals surface area contributed by atoms with Crippen LogP contribution in [0.4, 0.5) is 0 Å². The smallest absolute Gasteiger partial charge is 0.191 e. The normalized spacial score (nSPS) is 18.1. The minimum Gasteiger partial charge on any atom is -0.361 e. The molecule has 0 aromatic carbocycles. The summed E-state index contributed by atoms with van der Waals surface area (Å²) in [5, 5.41) is 11.5. The van der Waals surface area contributed by atoms with Crippen LogP contribution in [-0.2, 0) is 6.42 Å². The van der Waals surface area contributed by atoms with Crippen LogP contribution in [0.1, 0.15) is 36.3 Å². The Labute approximate surface area is 154 Å². The van der Waals surface area contributed by atoms with Gasteiger partial charge in [0.25, 0.3) is 0 Å². The Balaban J connectivity index is 0.00000242. The molecule has 0 saturated carbocycles. The van der Waals surface area contributed by atoms with Gasteiger partial charge in [-0.1, -0.05) is 5.16 Å². The van der Waals surface area contributed by atoms with E-state index in [1.807, 2.05) is 20.9 Å². The zero-order valence-corrected chi connectivity index (χ0v) is 16.8. The van der Waals surface area contributed by atoms with E-state index in [4.69, 9.17) is 4.52 Å². The first-order valence-electron chi connectivity index (χ1n) is 7.68. The lowest BCUT2D eigenvalue weighted by atomic mass is 10.1. The fourth-order valence-corrected chi connectivity index (χ4v) is 3.77. The number of thioether (sulfide) groups is 1. The fourth-order valence-electron chi connectivity index (χ4n) is 2.57. The molecule has 126 valence electrons. The summed E-state index contributed by atoms with van der Waals surface area (Å²) in [5.74, 6) is 3.14. The van der Waals surface area contributed by atoms with E-state index in [-0.39, 0.29) is 24.0 Å². The number of aliphatic imine (C=N–C) groups is 1. The second-order valence-corrected chi connectivity index (χ2v) is 6.83. The molecular weight excluding hydrogens is 411 g/mol. The van der Waals surface area contributed by atoms with Gasteiger partial charge in [0.05, 0.1) is 5.69 Å². The van der Waals surface area contributed by atoms with Crippen LogP contribution < -0.4 is 10.6 Å². The Morgan fingerprint density at radius 3 is 2.82 bits per heavy atom. The molecular formula is C15H27IN4OS. The molecule has 1 saturated heterocycles. The van der Waals surface area contributed by atoms with Gasteiger partial charge in [-0.25, -0.2) is 0 Å². The number of hydrogen-bond acceptors (Lipinski definition) is 4. The third kappa shape index (κ3) is 5.98. The molecule has 22 heavy (non-hydrogen) atoms. The molecule has 0 spiro atoms. The van der Waals surface area contributed by atoms with Crippen LogP contribution in [-0.4, -0.2) is 42.3 Å². The Hall–Kier alpha value is -0.440. The summed E-state index contributed by atoms with van der Waals surface area (Å²) in [6.45, 7) is 5.89. The molecule has 2 rings (SSSR count). The largest absolute Gasteiger partial charge is 0.361 e. The van der Waals surface area contributed by atoms with Crippen molar-refractivity contribution in [1.29, 1.82) is 0 Å². The number of rotatable bonds is 6. The van der Waals surface area contributed by atoms with Crippen molar-refractivity contribution in [2.45, 2.75) is 44.8 Å². The molecule has 0 aliphatic carbocycles. The highest BCUT2D eigenvalue weighted by molar-refractivity contribution is 14.0. The van der Waals surface area contributed by atoms with Crippen molar-refractivity contribution in [3.05, 3.63) is 17.0 Å². The Kier molecular flexibility index (Phi) is 9.23. The van der Waals surface area contributed by atoms with Crippen LogP contribution in [0.15, 0.2) is 9.52 Å². The van der Waals surface area contributed by atoms with Crippen molar-refractivity contribution in [2.75, 3.05) is 25.9 Å². The second-order valence-electron chi connectivity index (χ2n) is 5.42. The highest BCUT2D eigenvalue weighted by atomic mass is 127. The number of aryl methyl sites for hydroxylation is 2. The molecule has 1 aromatic heterocycles. The number of hydrogen-bond donors (Lipinski definition) is 2. The maximum Gasteiger partial charge on any atom is 0.191 e. The van der Waals surface area contributed by atoms with Crippen LogP contribution >= 0.6 is 35.7 Å². The monoisotopic (exact) mass is 438 g/mol. The quantitative estimate of drug-likeness (QED) is 0.310. The lowest BCUT2D eigenvalue weighted by Gasteiger charge is -2.14. The van der Waals surface area contributed by atoms with Gasteiger partial charge in [0.1, 0.15) is 5.76 Å². The molecule has 1 fully saturated rings. The average molecular weight is 438 g/mol. The van der Waals surface area contributed by atoms with E-state index >= 15 is 0 Å². The van der Waals surface area contributed by atoms with E-state index in [0.717, 1.165) is 48.6 Å². The summed E-state index contributed by atoms with van der Waals surface area (Å²) in [6, 6.07) is 0. The van der Waals surface area contributed by atoms with Crippen LogP contribution in [0, 0.1) is 13.8 Å². The van der Waals surface area contributed by atoms with Gasteiger partial charge in [0, 0.05) is 31.0 Å². The maximum absolute atomic E-state index is 5.18. The topological polar surface area (TPSA) is 62.5 Å². The standard InChI is InChI=1S/C15H26N4OS.HI/c1-11-14(12(2)20-19-11)7-4-8-17-15(16-3)18-10-13-6-5-9-21-13;/h13H,4-10H2,1-3H3,(H2,16,17,18);1H. The summed E-state index contributed by atoms with van der Waals surface area (Å²) in [6.07, 6.45) is 4.70. The summed E-state index contributed by atoms with van der Waals surface area (Å²) in [7, 11) is 1.82. The van der Waals surface area contributed by atoms with Crippen molar-refractivity contribution in [1.82, 2.24) is 15.8 Å². The van der Waals surface area contributed by atoms with E-state index in [1.54, 1.807) is 0 Å². The molecule has 7 heteroatoms. The molecule has 1 unspecified atom stereocenters. The average Bonchev–Trinajstić information content (AvgIpc) is 3.10. The zero-order chi connectivity index (χ0) is 15.1. The highest BCUT2D eigenvalue weighted by Gasteiger charge is 2.15. The van der Waals surface area contributed by atoms with E-state index < -0.39 is 0 Å². The van der Waals surface area contributed by atoms with Crippen molar-refractivity contribution in [2.24, 2.45) is 4.99 Å². The molecule has 0 amide bonds. The number of guanidine groups is 1. The van der Waals surface area contributed by atoms with Crippen molar-refractivity contribution >= 4 is 41.7 Å². The van der Waals surface area contributed by atoms with Crippen LogP contribution in [0.2, 0.25) is 0 Å². The summed E-state index contributed by atoms with van der Waals surface area (Å²) < 4.78 is 5.18. The zero-order valence-electron chi connectivity index (χ0n) is 13.6. The first-order valence-corrected chi connectivity index (χ1v) is 8.73. The van der Waals surface area contributed by atoms with Gasteiger partial charge in [0.15, 0.2) is 5.96 Å². The van der Waals surface area contributed by atoms with Crippen molar-refractivity contribution < 1.29 is 4.52 Å². The third-order valence-corrected chi connectivity index (χ3v) is 5.22. The van der Waals surface area contributed by atoms with Crippen LogP contribution in [0.25, 0.3) is 0 Å². The molecule has 1 atom stereocenters. The lowest BCUT2D eigenvalue weighted by Crippen LogP contribution is -2.40. The van der Waals surface area contributed by atoms with Gasteiger partial charge in [-0.2, -0.15) is 11.8 Å². The van der Waals surface area contributed by atoms with Gasteiger partial charge in [-0.15, -0.1) is 24.0 Å². The van der Waals surface area contributed by atoms with Gasteiger partial charge in [-0.05, 0) is 45.3 Å². The summed E-state index contributed by atoms with van der Waals surface area (Å²) in [4.78, 5) is 4.27. The van der Waals surface area contributed by atoms with E-state index in [2.05, 4.69) is 32.5 Å². The van der Waals surface area contributed by atoms with Crippen molar-refractivity contribution in [3.63, 3.8) is 0 Å². The summed E-state index contributed by atoms with van der Waals surface area (Å²) >= 11 is 2.06. The lowest BCUT2D eigenvalue weighted by molar-refractivity contribution is 0.392. The minimum atomic E-state index is 0. The van der Waals surface area contributed by atoms with Gasteiger partial charge < -0.3 is 15.2 Å². The molecule has 2 N–H and O–H groups in total. The van der Waals surface area contributed by atoms with Gasteiger partial charge in [0.2, 0.25) is 0 Å². The van der Waals surface area contributed by atoms with E-state index in [0.29, 0.717) is 0 Å². The predicted molar refractivity (Wildman–Crippen MR) is 105 cm³/mol. The first kappa shape index (κ1) is 19.6. The van der Waals surface area contributed by atoms with Crippen LogP contribution in [0.3, 0.4) is 0 Å². The number of halogens is 1.